The summed E-state index contributed by atoms with van der Waals surface area (Å²) < 4.78 is 27.8. The van der Waals surface area contributed by atoms with E-state index in [0.29, 0.717) is 31.0 Å². The van der Waals surface area contributed by atoms with Gasteiger partial charge >= 0.3 is 0 Å². The van der Waals surface area contributed by atoms with Gasteiger partial charge in [0.1, 0.15) is 5.84 Å². The fourth-order valence-electron chi connectivity index (χ4n) is 4.57. The molecule has 32 heavy (non-hydrogen) atoms. The number of rotatable bonds is 6. The first-order valence-corrected chi connectivity index (χ1v) is 12.9. The molecule has 1 unspecified atom stereocenters. The maximum Gasteiger partial charge on any atom is 0.262 e. The number of amidine groups is 1. The van der Waals surface area contributed by atoms with Gasteiger partial charge in [-0.2, -0.15) is 0 Å². The van der Waals surface area contributed by atoms with Crippen LogP contribution in [0.2, 0.25) is 0 Å². The molecule has 0 spiro atoms. The molecule has 0 saturated carbocycles. The van der Waals surface area contributed by atoms with Crippen molar-refractivity contribution in [2.24, 2.45) is 4.99 Å². The number of carbonyl (C=O) groups is 2. The second kappa shape index (κ2) is 9.99. The lowest BCUT2D eigenvalue weighted by molar-refractivity contribution is -0.137. The third-order valence-electron chi connectivity index (χ3n) is 6.22. The number of hydrogen-bond donors (Lipinski definition) is 2. The molecule has 0 aliphatic carbocycles. The highest BCUT2D eigenvalue weighted by Crippen LogP contribution is 2.22. The zero-order valence-electron chi connectivity index (χ0n) is 18.3. The predicted molar refractivity (Wildman–Crippen MR) is 122 cm³/mol. The first kappa shape index (κ1) is 22.7. The molecule has 2 amide bonds. The molecule has 2 N–H and O–H groups in total. The fraction of sp³-hybridized carbons (Fsp3) is 0.591. The van der Waals surface area contributed by atoms with Gasteiger partial charge in [-0.05, 0) is 56.8 Å². The third kappa shape index (κ3) is 5.47. The standard InChI is InChI=1S/C22H31N5O4S/c28-21(16-27-14-2-1-9-19(27)22(29)26-12-3-4-13-26)24-17-7-5-8-18(15-17)32(30,31)25-20-10-6-11-23-20/h5,7-8,15,19H,1-4,6,9-14,16H2,(H,23,25)(H,24,28). The molecule has 1 aromatic rings. The minimum Gasteiger partial charge on any atom is -0.341 e. The van der Waals surface area contributed by atoms with Crippen LogP contribution in [0.4, 0.5) is 5.69 Å². The average molecular weight is 462 g/mol. The maximum atomic E-state index is 12.9. The van der Waals surface area contributed by atoms with E-state index in [1.165, 1.54) is 12.1 Å². The first-order chi connectivity index (χ1) is 15.4. The number of nitrogens with one attached hydrogen (secondary N) is 2. The van der Waals surface area contributed by atoms with Gasteiger partial charge in [-0.15, -0.1) is 0 Å². The molecule has 2 saturated heterocycles. The molecule has 1 atom stereocenters. The summed E-state index contributed by atoms with van der Waals surface area (Å²) in [6.07, 6.45) is 6.25. The van der Waals surface area contributed by atoms with Crippen molar-refractivity contribution in [2.75, 3.05) is 38.0 Å². The molecule has 3 heterocycles. The Morgan fingerprint density at radius 3 is 2.59 bits per heavy atom. The highest BCUT2D eigenvalue weighted by molar-refractivity contribution is 7.90. The first-order valence-electron chi connectivity index (χ1n) is 11.4. The lowest BCUT2D eigenvalue weighted by Crippen LogP contribution is -2.52. The zero-order valence-corrected chi connectivity index (χ0v) is 19.1. The number of likely N-dealkylation sites (tertiary alicyclic amines) is 2. The van der Waals surface area contributed by atoms with Crippen LogP contribution >= 0.6 is 0 Å². The van der Waals surface area contributed by atoms with Crippen molar-refractivity contribution in [2.45, 2.75) is 55.9 Å². The van der Waals surface area contributed by atoms with Crippen LogP contribution in [0.25, 0.3) is 0 Å². The quantitative estimate of drug-likeness (QED) is 0.668. The molecule has 4 rings (SSSR count). The van der Waals surface area contributed by atoms with E-state index in [-0.39, 0.29) is 29.3 Å². The third-order valence-corrected chi connectivity index (χ3v) is 7.60. The predicted octanol–water partition coefficient (Wildman–Crippen LogP) is 1.57. The van der Waals surface area contributed by atoms with Gasteiger partial charge in [0.2, 0.25) is 11.8 Å². The molecule has 2 fully saturated rings. The Bertz CT molecular complexity index is 988. The van der Waals surface area contributed by atoms with Crippen LogP contribution in [0.1, 0.15) is 44.9 Å². The van der Waals surface area contributed by atoms with Gasteiger partial charge in [0.25, 0.3) is 10.0 Å². The number of aliphatic imine (C=N–C) groups is 1. The number of anilines is 1. The molecule has 9 nitrogen and oxygen atoms in total. The summed E-state index contributed by atoms with van der Waals surface area (Å²) in [5.74, 6) is 0.344. The van der Waals surface area contributed by atoms with Gasteiger partial charge in [-0.3, -0.25) is 24.2 Å². The molecule has 0 aromatic heterocycles. The number of carbonyl (C=O) groups excluding carboxylic acids is 2. The van der Waals surface area contributed by atoms with Gasteiger partial charge < -0.3 is 10.2 Å². The van der Waals surface area contributed by atoms with E-state index >= 15 is 0 Å². The molecule has 174 valence electrons. The van der Waals surface area contributed by atoms with Crippen LogP contribution in [0.3, 0.4) is 0 Å². The molecule has 3 aliphatic rings. The Balaban J connectivity index is 1.39. The van der Waals surface area contributed by atoms with Crippen molar-refractivity contribution in [3.63, 3.8) is 0 Å². The largest absolute Gasteiger partial charge is 0.341 e. The van der Waals surface area contributed by atoms with Gasteiger partial charge in [-0.1, -0.05) is 12.5 Å². The maximum absolute atomic E-state index is 12.9. The topological polar surface area (TPSA) is 111 Å². The molecular weight excluding hydrogens is 430 g/mol. The van der Waals surface area contributed by atoms with Crippen LogP contribution in [-0.4, -0.2) is 74.6 Å². The summed E-state index contributed by atoms with van der Waals surface area (Å²) in [4.78, 5) is 33.8. The number of amides is 2. The van der Waals surface area contributed by atoms with Gasteiger partial charge in [0.15, 0.2) is 0 Å². The number of benzene rings is 1. The lowest BCUT2D eigenvalue weighted by Gasteiger charge is -2.36. The summed E-state index contributed by atoms with van der Waals surface area (Å²) in [7, 11) is -3.75. The van der Waals surface area contributed by atoms with E-state index < -0.39 is 10.0 Å². The zero-order chi connectivity index (χ0) is 22.6. The number of sulfonamides is 1. The van der Waals surface area contributed by atoms with E-state index in [0.717, 1.165) is 51.6 Å². The molecule has 10 heteroatoms. The van der Waals surface area contributed by atoms with Crippen LogP contribution < -0.4 is 10.0 Å². The molecular formula is C22H31N5O4S. The van der Waals surface area contributed by atoms with Crippen molar-refractivity contribution in [3.8, 4) is 0 Å². The van der Waals surface area contributed by atoms with Crippen LogP contribution in [-0.2, 0) is 19.6 Å². The van der Waals surface area contributed by atoms with Crippen molar-refractivity contribution >= 4 is 33.4 Å². The van der Waals surface area contributed by atoms with Crippen molar-refractivity contribution < 1.29 is 18.0 Å². The molecule has 0 radical (unpaired) electrons. The fourth-order valence-corrected chi connectivity index (χ4v) is 5.71. The minimum atomic E-state index is -3.75. The Morgan fingerprint density at radius 1 is 1.06 bits per heavy atom. The highest BCUT2D eigenvalue weighted by Gasteiger charge is 2.33. The van der Waals surface area contributed by atoms with E-state index in [1.807, 2.05) is 9.80 Å². The number of hydrogen-bond acceptors (Lipinski definition) is 6. The van der Waals surface area contributed by atoms with E-state index in [9.17, 15) is 18.0 Å². The number of nitrogens with zero attached hydrogens (tertiary/aromatic N) is 3. The monoisotopic (exact) mass is 461 g/mol. The molecule has 1 aromatic carbocycles. The molecule has 0 bridgehead atoms. The van der Waals surface area contributed by atoms with E-state index in [1.54, 1.807) is 12.1 Å². The summed E-state index contributed by atoms with van der Waals surface area (Å²) in [5, 5.41) is 2.80. The SMILES string of the molecule is O=C(CN1CCCCC1C(=O)N1CCCC1)Nc1cccc(S(=O)(=O)NC2=NCCC2)c1. The van der Waals surface area contributed by atoms with Crippen molar-refractivity contribution in [3.05, 3.63) is 24.3 Å². The smallest absolute Gasteiger partial charge is 0.262 e. The average Bonchev–Trinajstić information content (AvgIpc) is 3.48. The van der Waals surface area contributed by atoms with E-state index in [2.05, 4.69) is 15.0 Å². The Hall–Kier alpha value is -2.46. The summed E-state index contributed by atoms with van der Waals surface area (Å²) in [5.41, 5.74) is 0.408. The number of piperidine rings is 1. The van der Waals surface area contributed by atoms with Crippen LogP contribution in [0, 0.1) is 0 Å². The summed E-state index contributed by atoms with van der Waals surface area (Å²) >= 11 is 0. The Morgan fingerprint density at radius 2 is 1.84 bits per heavy atom. The van der Waals surface area contributed by atoms with E-state index in [4.69, 9.17) is 0 Å². The second-order valence-corrected chi connectivity index (χ2v) is 10.3. The lowest BCUT2D eigenvalue weighted by atomic mass is 10.0. The minimum absolute atomic E-state index is 0.0740. The Kier molecular flexibility index (Phi) is 7.10. The van der Waals surface area contributed by atoms with Crippen molar-refractivity contribution in [1.82, 2.24) is 14.5 Å². The molecule has 3 aliphatic heterocycles. The van der Waals surface area contributed by atoms with Crippen LogP contribution in [0.15, 0.2) is 34.2 Å². The van der Waals surface area contributed by atoms with Gasteiger partial charge in [0, 0.05) is 31.7 Å². The summed E-state index contributed by atoms with van der Waals surface area (Å²) in [6, 6.07) is 5.94. The van der Waals surface area contributed by atoms with Crippen LogP contribution in [0.5, 0.6) is 0 Å². The van der Waals surface area contributed by atoms with Gasteiger partial charge in [-0.25, -0.2) is 8.42 Å². The normalized spacial score (nSPS) is 21.9. The van der Waals surface area contributed by atoms with Crippen molar-refractivity contribution in [1.29, 1.82) is 0 Å². The highest BCUT2D eigenvalue weighted by atomic mass is 32.2. The summed E-state index contributed by atoms with van der Waals surface area (Å²) in [6.45, 7) is 3.05. The second-order valence-electron chi connectivity index (χ2n) is 8.63. The Labute approximate surface area is 189 Å². The van der Waals surface area contributed by atoms with Gasteiger partial charge in [0.05, 0.1) is 17.5 Å².